The molecule has 0 heterocycles. The van der Waals surface area contributed by atoms with Gasteiger partial charge in [0.1, 0.15) is 12.4 Å². The number of hydrogen-bond donors (Lipinski definition) is 3. The molecule has 30 heavy (non-hydrogen) atoms. The molecule has 3 rings (SSSR count). The van der Waals surface area contributed by atoms with Gasteiger partial charge in [-0.2, -0.15) is 0 Å². The van der Waals surface area contributed by atoms with Gasteiger partial charge in [0, 0.05) is 23.9 Å². The first-order chi connectivity index (χ1) is 14.6. The van der Waals surface area contributed by atoms with Crippen LogP contribution >= 0.6 is 0 Å². The summed E-state index contributed by atoms with van der Waals surface area (Å²) in [5, 5.41) is 8.97. The number of hydrogen-bond acceptors (Lipinski definition) is 5. The van der Waals surface area contributed by atoms with Gasteiger partial charge < -0.3 is 25.4 Å². The normalized spacial score (nSPS) is 12.9. The maximum Gasteiger partial charge on any atom is 0.243 e. The van der Waals surface area contributed by atoms with Gasteiger partial charge in [-0.1, -0.05) is 18.2 Å². The zero-order valence-electron chi connectivity index (χ0n) is 17.5. The summed E-state index contributed by atoms with van der Waals surface area (Å²) in [7, 11) is 0. The molecule has 0 saturated heterocycles. The van der Waals surface area contributed by atoms with Crippen LogP contribution in [0.2, 0.25) is 0 Å². The van der Waals surface area contributed by atoms with Gasteiger partial charge in [0.05, 0.1) is 18.8 Å². The van der Waals surface area contributed by atoms with E-state index in [4.69, 9.17) is 9.47 Å². The average Bonchev–Trinajstić information content (AvgIpc) is 3.59. The van der Waals surface area contributed by atoms with E-state index < -0.39 is 0 Å². The molecule has 0 aromatic heterocycles. The van der Waals surface area contributed by atoms with E-state index in [9.17, 15) is 9.59 Å². The van der Waals surface area contributed by atoms with Crippen molar-refractivity contribution in [3.05, 3.63) is 48.0 Å². The lowest BCUT2D eigenvalue weighted by Crippen LogP contribution is -2.23. The fourth-order valence-corrected chi connectivity index (χ4v) is 2.95. The second-order valence-electron chi connectivity index (χ2n) is 7.18. The highest BCUT2D eigenvalue weighted by molar-refractivity contribution is 5.98. The maximum absolute atomic E-state index is 12.5. The van der Waals surface area contributed by atoms with E-state index >= 15 is 0 Å². The predicted molar refractivity (Wildman–Crippen MR) is 118 cm³/mol. The Kier molecular flexibility index (Phi) is 7.68. The number of benzene rings is 2. The Morgan fingerprint density at radius 1 is 0.967 bits per heavy atom. The number of para-hydroxylation sites is 2. The van der Waals surface area contributed by atoms with Gasteiger partial charge in [0.2, 0.25) is 11.8 Å². The minimum absolute atomic E-state index is 0.0455. The molecule has 0 bridgehead atoms. The molecule has 7 nitrogen and oxygen atoms in total. The smallest absolute Gasteiger partial charge is 0.243 e. The number of ether oxygens (including phenoxy) is 2. The number of rotatable bonds is 11. The van der Waals surface area contributed by atoms with Gasteiger partial charge in [0.15, 0.2) is 0 Å². The molecule has 1 aliphatic carbocycles. The van der Waals surface area contributed by atoms with Crippen molar-refractivity contribution >= 4 is 28.9 Å². The van der Waals surface area contributed by atoms with Crippen molar-refractivity contribution in [1.82, 2.24) is 0 Å². The van der Waals surface area contributed by atoms with Gasteiger partial charge in [-0.05, 0) is 56.5 Å². The molecule has 3 N–H and O–H groups in total. The topological polar surface area (TPSA) is 88.7 Å². The first-order valence-corrected chi connectivity index (χ1v) is 10.3. The van der Waals surface area contributed by atoms with Crippen LogP contribution in [-0.4, -0.2) is 38.2 Å². The van der Waals surface area contributed by atoms with Gasteiger partial charge in [0.25, 0.3) is 0 Å². The summed E-state index contributed by atoms with van der Waals surface area (Å²) in [4.78, 5) is 24.5. The third-order valence-corrected chi connectivity index (χ3v) is 4.83. The van der Waals surface area contributed by atoms with Crippen molar-refractivity contribution in [3.8, 4) is 5.75 Å². The Morgan fingerprint density at radius 2 is 1.67 bits per heavy atom. The molecular formula is C23H29N3O4. The van der Waals surface area contributed by atoms with Crippen LogP contribution in [0.25, 0.3) is 0 Å². The van der Waals surface area contributed by atoms with Crippen molar-refractivity contribution < 1.29 is 19.1 Å². The molecule has 0 radical (unpaired) electrons. The van der Waals surface area contributed by atoms with Crippen LogP contribution in [0.3, 0.4) is 0 Å². The molecule has 1 saturated carbocycles. The molecule has 7 heteroatoms. The van der Waals surface area contributed by atoms with E-state index in [2.05, 4.69) is 16.0 Å². The van der Waals surface area contributed by atoms with Crippen molar-refractivity contribution in [2.24, 2.45) is 5.92 Å². The first-order valence-electron chi connectivity index (χ1n) is 10.3. The molecular weight excluding hydrogens is 382 g/mol. The fourth-order valence-electron chi connectivity index (χ4n) is 2.95. The van der Waals surface area contributed by atoms with Gasteiger partial charge >= 0.3 is 0 Å². The molecule has 2 aromatic rings. The molecule has 0 unspecified atom stereocenters. The van der Waals surface area contributed by atoms with Crippen molar-refractivity contribution in [1.29, 1.82) is 0 Å². The molecule has 1 fully saturated rings. The molecule has 160 valence electrons. The summed E-state index contributed by atoms with van der Waals surface area (Å²) >= 11 is 0. The molecule has 0 aliphatic heterocycles. The maximum atomic E-state index is 12.5. The van der Waals surface area contributed by atoms with Crippen LogP contribution in [0.1, 0.15) is 25.3 Å². The van der Waals surface area contributed by atoms with E-state index in [0.717, 1.165) is 29.8 Å². The summed E-state index contributed by atoms with van der Waals surface area (Å²) in [5.41, 5.74) is 2.98. The minimum Gasteiger partial charge on any atom is -0.489 e. The summed E-state index contributed by atoms with van der Waals surface area (Å²) in [5.74, 6) is 0.658. The lowest BCUT2D eigenvalue weighted by atomic mass is 10.1. The van der Waals surface area contributed by atoms with Crippen molar-refractivity contribution in [3.63, 3.8) is 0 Å². The van der Waals surface area contributed by atoms with Crippen LogP contribution in [0.4, 0.5) is 17.1 Å². The number of amides is 2. The predicted octanol–water partition coefficient (Wildman–Crippen LogP) is 3.81. The highest BCUT2D eigenvalue weighted by Gasteiger charge is 2.29. The van der Waals surface area contributed by atoms with Gasteiger partial charge in [-0.25, -0.2) is 0 Å². The van der Waals surface area contributed by atoms with E-state index in [1.165, 1.54) is 0 Å². The molecule has 2 aromatic carbocycles. The van der Waals surface area contributed by atoms with Crippen LogP contribution in [-0.2, 0) is 14.3 Å². The third kappa shape index (κ3) is 6.22. The third-order valence-electron chi connectivity index (χ3n) is 4.83. The first kappa shape index (κ1) is 21.6. The Labute approximate surface area is 177 Å². The summed E-state index contributed by atoms with van der Waals surface area (Å²) < 4.78 is 11.0. The second-order valence-corrected chi connectivity index (χ2v) is 7.18. The Hall–Kier alpha value is -3.06. The molecule has 2 amide bonds. The van der Waals surface area contributed by atoms with Crippen molar-refractivity contribution in [2.45, 2.75) is 26.7 Å². The second kappa shape index (κ2) is 10.6. The standard InChI is InChI=1S/C23H29N3O4/c1-3-29-13-14-30-21-10-5-4-7-20(21)24-15-22(27)25-18-8-6-9-19(16(18)2)26-23(28)17-11-12-17/h4-10,17,24H,3,11-15H2,1-2H3,(H,25,27)(H,26,28). The molecule has 0 atom stereocenters. The van der Waals surface area contributed by atoms with E-state index in [0.29, 0.717) is 31.3 Å². The fraction of sp³-hybridized carbons (Fsp3) is 0.391. The highest BCUT2D eigenvalue weighted by atomic mass is 16.5. The van der Waals surface area contributed by atoms with Gasteiger partial charge in [-0.3, -0.25) is 9.59 Å². The highest BCUT2D eigenvalue weighted by Crippen LogP contribution is 2.31. The van der Waals surface area contributed by atoms with E-state index in [1.807, 2.05) is 56.3 Å². The zero-order valence-corrected chi connectivity index (χ0v) is 17.5. The van der Waals surface area contributed by atoms with Crippen molar-refractivity contribution in [2.75, 3.05) is 42.3 Å². The summed E-state index contributed by atoms with van der Waals surface area (Å²) in [6.45, 7) is 5.51. The van der Waals surface area contributed by atoms with Crippen LogP contribution in [0.15, 0.2) is 42.5 Å². The Bertz CT molecular complexity index is 881. The number of anilines is 3. The minimum atomic E-state index is -0.187. The van der Waals surface area contributed by atoms with Crippen LogP contribution < -0.4 is 20.7 Å². The number of carbonyl (C=O) groups excluding carboxylic acids is 2. The summed E-state index contributed by atoms with van der Waals surface area (Å²) in [6.07, 6.45) is 1.90. The Balaban J connectivity index is 1.54. The van der Waals surface area contributed by atoms with Crippen LogP contribution in [0, 0.1) is 12.8 Å². The van der Waals surface area contributed by atoms with Gasteiger partial charge in [-0.15, -0.1) is 0 Å². The average molecular weight is 412 g/mol. The van der Waals surface area contributed by atoms with E-state index in [1.54, 1.807) is 0 Å². The van der Waals surface area contributed by atoms with Crippen LogP contribution in [0.5, 0.6) is 5.75 Å². The lowest BCUT2D eigenvalue weighted by molar-refractivity contribution is -0.117. The number of carbonyl (C=O) groups is 2. The largest absolute Gasteiger partial charge is 0.489 e. The Morgan fingerprint density at radius 3 is 2.40 bits per heavy atom. The quantitative estimate of drug-likeness (QED) is 0.490. The summed E-state index contributed by atoms with van der Waals surface area (Å²) in [6, 6.07) is 13.0. The number of nitrogens with one attached hydrogen (secondary N) is 3. The molecule has 0 spiro atoms. The lowest BCUT2D eigenvalue weighted by Gasteiger charge is -2.15. The monoisotopic (exact) mass is 411 g/mol. The zero-order chi connectivity index (χ0) is 21.3. The molecule has 1 aliphatic rings. The SMILES string of the molecule is CCOCCOc1ccccc1NCC(=O)Nc1cccc(NC(=O)C2CC2)c1C. The van der Waals surface area contributed by atoms with E-state index in [-0.39, 0.29) is 24.3 Å².